The van der Waals surface area contributed by atoms with Crippen LogP contribution >= 0.6 is 11.3 Å². The van der Waals surface area contributed by atoms with Gasteiger partial charge in [0.1, 0.15) is 4.21 Å². The molecule has 0 radical (unpaired) electrons. The summed E-state index contributed by atoms with van der Waals surface area (Å²) in [4.78, 5) is 26.5. The van der Waals surface area contributed by atoms with Gasteiger partial charge in [0.15, 0.2) is 6.61 Å². The van der Waals surface area contributed by atoms with Crippen LogP contribution in [0.3, 0.4) is 0 Å². The fourth-order valence-corrected chi connectivity index (χ4v) is 6.81. The highest BCUT2D eigenvalue weighted by atomic mass is 32.2. The summed E-state index contributed by atoms with van der Waals surface area (Å²) in [6, 6.07) is 32.4. The van der Waals surface area contributed by atoms with Crippen molar-refractivity contribution in [2.24, 2.45) is 0 Å². The van der Waals surface area contributed by atoms with Gasteiger partial charge in [-0.25, -0.2) is 18.2 Å². The molecule has 8 nitrogen and oxygen atoms in total. The Kier molecular flexibility index (Phi) is 7.47. The number of hydrogen-bond donors (Lipinski definition) is 2. The number of hydrazine groups is 1. The van der Waals surface area contributed by atoms with Gasteiger partial charge in [-0.15, -0.1) is 11.3 Å². The molecule has 2 N–H and O–H groups in total. The van der Waals surface area contributed by atoms with Gasteiger partial charge in [-0.1, -0.05) is 84.9 Å². The summed E-state index contributed by atoms with van der Waals surface area (Å²) in [7, 11) is -3.89. The van der Waals surface area contributed by atoms with Crippen LogP contribution in [0.1, 0.15) is 27.5 Å². The number of nitrogens with one attached hydrogen (secondary N) is 2. The van der Waals surface area contributed by atoms with E-state index in [1.807, 2.05) is 72.8 Å². The molecule has 5 aromatic rings. The van der Waals surface area contributed by atoms with E-state index in [9.17, 15) is 18.0 Å². The molecule has 210 valence electrons. The van der Waals surface area contributed by atoms with Gasteiger partial charge in [0.2, 0.25) is 0 Å². The second-order valence-corrected chi connectivity index (χ2v) is 12.4. The number of nitrogens with zero attached hydrogens (tertiary/aromatic N) is 1. The van der Waals surface area contributed by atoms with Gasteiger partial charge in [-0.05, 0) is 57.6 Å². The number of ether oxygens (including phenoxy) is 1. The lowest BCUT2D eigenvalue weighted by atomic mass is 10.0. The lowest BCUT2D eigenvalue weighted by molar-refractivity contribution is -0.137. The third-order valence-corrected chi connectivity index (χ3v) is 9.55. The fourth-order valence-electron chi connectivity index (χ4n) is 4.74. The van der Waals surface area contributed by atoms with E-state index < -0.39 is 34.5 Å². The molecule has 0 saturated carbocycles. The molecule has 0 saturated heterocycles. The summed E-state index contributed by atoms with van der Waals surface area (Å²) in [5.41, 5.74) is 5.81. The molecule has 0 unspecified atom stereocenters. The molecule has 0 aliphatic carbocycles. The van der Waals surface area contributed by atoms with Crippen LogP contribution in [0, 0.1) is 0 Å². The Hall–Kier alpha value is -4.93. The first-order valence-electron chi connectivity index (χ1n) is 13.1. The van der Waals surface area contributed by atoms with Crippen molar-refractivity contribution in [2.45, 2.75) is 10.3 Å². The standard InChI is InChI=1S/C32H25N3O5S2/c36-30(21-40-32(37)26-13-6-7-14-27(26)34-42(38,39)31-15-8-18-41-31)35-29(23-10-2-1-3-11-23)20-28(33-35)25-17-16-22-9-4-5-12-24(22)19-25/h1-20,29,33-34H,21H2/t29-/m1/s1. The normalized spacial score (nSPS) is 14.7. The monoisotopic (exact) mass is 595 g/mol. The molecule has 1 amide bonds. The van der Waals surface area contributed by atoms with Crippen LogP contribution in [-0.2, 0) is 19.6 Å². The maximum atomic E-state index is 13.5. The third kappa shape index (κ3) is 5.63. The minimum absolute atomic E-state index is 0.00519. The number of carbonyl (C=O) groups is 2. The lowest BCUT2D eigenvalue weighted by Crippen LogP contribution is -2.42. The van der Waals surface area contributed by atoms with Gasteiger partial charge < -0.3 is 4.74 Å². The van der Waals surface area contributed by atoms with Crippen molar-refractivity contribution in [2.75, 3.05) is 11.3 Å². The van der Waals surface area contributed by atoms with Gasteiger partial charge in [-0.3, -0.25) is 14.9 Å². The minimum Gasteiger partial charge on any atom is -0.452 e. The number of benzene rings is 4. The maximum absolute atomic E-state index is 13.5. The lowest BCUT2D eigenvalue weighted by Gasteiger charge is -2.25. The topological polar surface area (TPSA) is 105 Å². The van der Waals surface area contributed by atoms with E-state index in [1.165, 1.54) is 23.2 Å². The van der Waals surface area contributed by atoms with Gasteiger partial charge in [-0.2, -0.15) is 0 Å². The zero-order valence-electron chi connectivity index (χ0n) is 22.1. The molecule has 0 bridgehead atoms. The maximum Gasteiger partial charge on any atom is 0.340 e. The fraction of sp³-hybridized carbons (Fsp3) is 0.0625. The number of rotatable bonds is 8. The summed E-state index contributed by atoms with van der Waals surface area (Å²) >= 11 is 1.06. The van der Waals surface area contributed by atoms with Gasteiger partial charge in [0.05, 0.1) is 23.0 Å². The molecular weight excluding hydrogens is 571 g/mol. The SMILES string of the molecule is O=C(OCC(=O)N1NC(c2ccc3ccccc3c2)=C[C@@H]1c1ccccc1)c1ccccc1NS(=O)(=O)c1cccs1. The first-order valence-corrected chi connectivity index (χ1v) is 15.4. The molecule has 1 aliphatic heterocycles. The molecule has 1 aliphatic rings. The summed E-state index contributed by atoms with van der Waals surface area (Å²) in [5, 5.41) is 5.27. The Morgan fingerprint density at radius 2 is 1.60 bits per heavy atom. The van der Waals surface area contributed by atoms with Crippen LogP contribution in [0.15, 0.2) is 125 Å². The largest absolute Gasteiger partial charge is 0.452 e. The second-order valence-electron chi connectivity index (χ2n) is 9.53. The number of hydrogen-bond acceptors (Lipinski definition) is 7. The van der Waals surface area contributed by atoms with E-state index in [-0.39, 0.29) is 15.5 Å². The Bertz CT molecular complexity index is 1910. The molecule has 0 fully saturated rings. The van der Waals surface area contributed by atoms with Crippen molar-refractivity contribution in [3.63, 3.8) is 0 Å². The third-order valence-electron chi connectivity index (χ3n) is 6.79. The smallest absolute Gasteiger partial charge is 0.340 e. The van der Waals surface area contributed by atoms with Crippen LogP contribution < -0.4 is 10.1 Å². The predicted molar refractivity (Wildman–Crippen MR) is 163 cm³/mol. The molecule has 1 aromatic heterocycles. The van der Waals surface area contributed by atoms with E-state index in [2.05, 4.69) is 16.2 Å². The summed E-state index contributed by atoms with van der Waals surface area (Å²) < 4.78 is 33.4. The number of thiophene rings is 1. The van der Waals surface area contributed by atoms with Crippen LogP contribution in [0.4, 0.5) is 5.69 Å². The molecule has 2 heterocycles. The summed E-state index contributed by atoms with van der Waals surface area (Å²) in [5.74, 6) is -1.30. The molecule has 42 heavy (non-hydrogen) atoms. The molecular formula is C32H25N3O5S2. The average molecular weight is 596 g/mol. The predicted octanol–water partition coefficient (Wildman–Crippen LogP) is 5.99. The number of para-hydroxylation sites is 1. The van der Waals surface area contributed by atoms with Crippen LogP contribution in [0.5, 0.6) is 0 Å². The van der Waals surface area contributed by atoms with Crippen molar-refractivity contribution in [1.82, 2.24) is 10.4 Å². The van der Waals surface area contributed by atoms with Crippen molar-refractivity contribution >= 4 is 55.4 Å². The summed E-state index contributed by atoms with van der Waals surface area (Å²) in [6.07, 6.45) is 1.97. The molecule has 6 rings (SSSR count). The highest BCUT2D eigenvalue weighted by Gasteiger charge is 2.31. The molecule has 0 spiro atoms. The van der Waals surface area contributed by atoms with Crippen LogP contribution in [0.2, 0.25) is 0 Å². The first kappa shape index (κ1) is 27.3. The zero-order chi connectivity index (χ0) is 29.1. The van der Waals surface area contributed by atoms with E-state index >= 15 is 0 Å². The van der Waals surface area contributed by atoms with Crippen molar-refractivity contribution in [1.29, 1.82) is 0 Å². The van der Waals surface area contributed by atoms with E-state index in [0.717, 1.165) is 38.9 Å². The number of amides is 1. The average Bonchev–Trinajstić information content (AvgIpc) is 3.72. The number of fused-ring (bicyclic) bond motifs is 1. The number of anilines is 1. The number of carbonyl (C=O) groups excluding carboxylic acids is 2. The highest BCUT2D eigenvalue weighted by molar-refractivity contribution is 7.94. The van der Waals surface area contributed by atoms with Crippen molar-refractivity contribution in [3.05, 3.63) is 137 Å². The van der Waals surface area contributed by atoms with Gasteiger partial charge in [0, 0.05) is 0 Å². The first-order chi connectivity index (χ1) is 20.4. The quantitative estimate of drug-likeness (QED) is 0.214. The van der Waals surface area contributed by atoms with E-state index in [4.69, 9.17) is 4.74 Å². The molecule has 1 atom stereocenters. The Morgan fingerprint density at radius 3 is 2.38 bits per heavy atom. The molecule has 10 heteroatoms. The van der Waals surface area contributed by atoms with Crippen LogP contribution in [-0.4, -0.2) is 31.9 Å². The zero-order valence-corrected chi connectivity index (χ0v) is 23.8. The Balaban J connectivity index is 1.20. The number of sulfonamides is 1. The van der Waals surface area contributed by atoms with Crippen molar-refractivity contribution in [3.8, 4) is 0 Å². The number of esters is 1. The summed E-state index contributed by atoms with van der Waals surface area (Å²) in [6.45, 7) is -0.556. The van der Waals surface area contributed by atoms with E-state index in [1.54, 1.807) is 23.6 Å². The minimum atomic E-state index is -3.89. The highest BCUT2D eigenvalue weighted by Crippen LogP contribution is 2.32. The van der Waals surface area contributed by atoms with E-state index in [0.29, 0.717) is 0 Å². The Labute approximate surface area is 246 Å². The van der Waals surface area contributed by atoms with Crippen molar-refractivity contribution < 1.29 is 22.7 Å². The van der Waals surface area contributed by atoms with Gasteiger partial charge >= 0.3 is 5.97 Å². The van der Waals surface area contributed by atoms with Crippen LogP contribution in [0.25, 0.3) is 16.5 Å². The van der Waals surface area contributed by atoms with Gasteiger partial charge in [0.25, 0.3) is 15.9 Å². The second kappa shape index (κ2) is 11.5. The Morgan fingerprint density at radius 1 is 0.857 bits per heavy atom. The molecule has 4 aromatic carbocycles.